The summed E-state index contributed by atoms with van der Waals surface area (Å²) in [5, 5.41) is 6.23. The van der Waals surface area contributed by atoms with Crippen LogP contribution >= 0.6 is 35.0 Å². The summed E-state index contributed by atoms with van der Waals surface area (Å²) in [6.45, 7) is 2.29. The van der Waals surface area contributed by atoms with Gasteiger partial charge >= 0.3 is 0 Å². The van der Waals surface area contributed by atoms with Gasteiger partial charge in [0.05, 0.1) is 15.0 Å². The number of para-hydroxylation sites is 1. The highest BCUT2D eigenvalue weighted by Gasteiger charge is 2.25. The number of hydrogen-bond acceptors (Lipinski definition) is 4. The Morgan fingerprint density at radius 2 is 2.10 bits per heavy atom. The predicted molar refractivity (Wildman–Crippen MR) is 86.1 cm³/mol. The molecular weight excluding hydrogens is 333 g/mol. The van der Waals surface area contributed by atoms with E-state index in [4.69, 9.17) is 23.2 Å². The number of benzene rings is 1. The van der Waals surface area contributed by atoms with Crippen molar-refractivity contribution in [1.82, 2.24) is 10.6 Å². The quantitative estimate of drug-likeness (QED) is 0.829. The molecule has 1 heterocycles. The summed E-state index contributed by atoms with van der Waals surface area (Å²) in [5.74, 6) is -0.708. The third-order valence-corrected chi connectivity index (χ3v) is 3.93. The second kappa shape index (κ2) is 6.98. The molecule has 0 atom stereocenters. The van der Waals surface area contributed by atoms with E-state index in [0.29, 0.717) is 27.4 Å². The Kier molecular flexibility index (Phi) is 5.27. The molecule has 5 nitrogen and oxygen atoms in total. The first-order valence-corrected chi connectivity index (χ1v) is 7.60. The van der Waals surface area contributed by atoms with Crippen molar-refractivity contribution in [2.24, 2.45) is 4.99 Å². The minimum absolute atomic E-state index is 0.267. The van der Waals surface area contributed by atoms with Gasteiger partial charge < -0.3 is 10.6 Å². The number of aliphatic imine (C=N–C) groups is 1. The van der Waals surface area contributed by atoms with Crippen LogP contribution in [0.3, 0.4) is 0 Å². The van der Waals surface area contributed by atoms with Crippen LogP contribution in [-0.2, 0) is 9.59 Å². The van der Waals surface area contributed by atoms with Crippen LogP contribution in [0.25, 0.3) is 0 Å². The van der Waals surface area contributed by atoms with Crippen molar-refractivity contribution >= 4 is 57.6 Å². The molecule has 0 aliphatic carbocycles. The molecule has 110 valence electrons. The molecule has 1 aromatic rings. The minimum Gasteiger partial charge on any atom is -0.353 e. The van der Waals surface area contributed by atoms with Crippen molar-refractivity contribution in [3.63, 3.8) is 0 Å². The number of amides is 2. The van der Waals surface area contributed by atoms with Crippen molar-refractivity contribution < 1.29 is 9.59 Å². The molecule has 1 saturated heterocycles. The molecule has 0 radical (unpaired) electrons. The monoisotopic (exact) mass is 343 g/mol. The summed E-state index contributed by atoms with van der Waals surface area (Å²) in [6.07, 6.45) is 1.24. The highest BCUT2D eigenvalue weighted by atomic mass is 35.5. The lowest BCUT2D eigenvalue weighted by Crippen LogP contribution is -2.22. The van der Waals surface area contributed by atoms with Gasteiger partial charge in [-0.25, -0.2) is 4.99 Å². The third-order valence-electron chi connectivity index (χ3n) is 2.41. The Balaban J connectivity index is 2.23. The topological polar surface area (TPSA) is 70.6 Å². The average molecular weight is 344 g/mol. The molecule has 1 aliphatic heterocycles. The first-order chi connectivity index (χ1) is 10.0. The maximum Gasteiger partial charge on any atom is 0.264 e. The van der Waals surface area contributed by atoms with Crippen LogP contribution in [0.2, 0.25) is 10.0 Å². The number of rotatable bonds is 3. The van der Waals surface area contributed by atoms with E-state index in [1.807, 2.05) is 0 Å². The highest BCUT2D eigenvalue weighted by molar-refractivity contribution is 8.18. The van der Waals surface area contributed by atoms with Crippen LogP contribution < -0.4 is 10.6 Å². The van der Waals surface area contributed by atoms with Crippen LogP contribution in [0.15, 0.2) is 34.2 Å². The van der Waals surface area contributed by atoms with Crippen LogP contribution in [0.5, 0.6) is 0 Å². The van der Waals surface area contributed by atoms with Gasteiger partial charge in [-0.05, 0) is 30.8 Å². The first kappa shape index (κ1) is 15.9. The van der Waals surface area contributed by atoms with Crippen LogP contribution in [0.1, 0.15) is 6.92 Å². The summed E-state index contributed by atoms with van der Waals surface area (Å²) in [6, 6.07) is 5.01. The lowest BCUT2D eigenvalue weighted by atomic mass is 10.3. The van der Waals surface area contributed by atoms with Crippen LogP contribution in [0.4, 0.5) is 5.69 Å². The maximum atomic E-state index is 11.8. The fraction of sp³-hybridized carbons (Fsp3) is 0.154. The molecular formula is C13H11Cl2N3O2S. The van der Waals surface area contributed by atoms with E-state index >= 15 is 0 Å². The smallest absolute Gasteiger partial charge is 0.264 e. The molecule has 8 heteroatoms. The molecule has 1 aromatic carbocycles. The van der Waals surface area contributed by atoms with Gasteiger partial charge in [0.2, 0.25) is 5.91 Å². The van der Waals surface area contributed by atoms with Crippen molar-refractivity contribution in [2.45, 2.75) is 6.92 Å². The second-order valence-corrected chi connectivity index (χ2v) is 5.79. The fourth-order valence-electron chi connectivity index (χ4n) is 1.52. The second-order valence-electron chi connectivity index (χ2n) is 3.95. The van der Waals surface area contributed by atoms with Gasteiger partial charge in [-0.2, -0.15) is 0 Å². The van der Waals surface area contributed by atoms with E-state index in [-0.39, 0.29) is 16.7 Å². The molecule has 1 aliphatic rings. The molecule has 2 N–H and O–H groups in total. The molecule has 2 rings (SSSR count). The van der Waals surface area contributed by atoms with Gasteiger partial charge in [-0.3, -0.25) is 9.59 Å². The Hall–Kier alpha value is -1.50. The predicted octanol–water partition coefficient (Wildman–Crippen LogP) is 2.86. The van der Waals surface area contributed by atoms with E-state index in [1.165, 1.54) is 6.08 Å². The van der Waals surface area contributed by atoms with Gasteiger partial charge in [-0.1, -0.05) is 29.3 Å². The van der Waals surface area contributed by atoms with Gasteiger partial charge in [0.1, 0.15) is 5.69 Å². The lowest BCUT2D eigenvalue weighted by Gasteiger charge is -2.01. The number of thioether (sulfide) groups is 1. The van der Waals surface area contributed by atoms with Gasteiger partial charge in [-0.15, -0.1) is 0 Å². The van der Waals surface area contributed by atoms with Crippen LogP contribution in [-0.4, -0.2) is 23.5 Å². The largest absolute Gasteiger partial charge is 0.353 e. The molecule has 1 fully saturated rings. The number of nitrogens with one attached hydrogen (secondary N) is 2. The molecule has 0 unspecified atom stereocenters. The summed E-state index contributed by atoms with van der Waals surface area (Å²) in [4.78, 5) is 27.7. The molecule has 0 spiro atoms. The summed E-state index contributed by atoms with van der Waals surface area (Å²) >= 11 is 13.1. The van der Waals surface area contributed by atoms with Gasteiger partial charge in [0, 0.05) is 12.6 Å². The minimum atomic E-state index is -0.381. The van der Waals surface area contributed by atoms with E-state index in [1.54, 1.807) is 25.1 Å². The van der Waals surface area contributed by atoms with E-state index in [2.05, 4.69) is 15.6 Å². The van der Waals surface area contributed by atoms with E-state index < -0.39 is 0 Å². The molecule has 0 aromatic heterocycles. The van der Waals surface area contributed by atoms with Crippen molar-refractivity contribution in [3.8, 4) is 0 Å². The lowest BCUT2D eigenvalue weighted by molar-refractivity contribution is -0.118. The number of halogens is 2. The number of likely N-dealkylation sites (N-methyl/N-ethyl adjacent to an activating group) is 1. The maximum absolute atomic E-state index is 11.8. The summed E-state index contributed by atoms with van der Waals surface area (Å²) in [7, 11) is 0. The normalized spacial score (nSPS) is 18.1. The Bertz CT molecular complexity index is 639. The van der Waals surface area contributed by atoms with Crippen molar-refractivity contribution in [1.29, 1.82) is 0 Å². The molecule has 2 amide bonds. The zero-order valence-electron chi connectivity index (χ0n) is 10.9. The SMILES string of the molecule is CCNC(=O)C=C1SC(=Nc2c(Cl)cccc2Cl)NC1=O. The van der Waals surface area contributed by atoms with E-state index in [0.717, 1.165) is 11.8 Å². The zero-order valence-corrected chi connectivity index (χ0v) is 13.3. The number of hydrogen-bond donors (Lipinski definition) is 2. The summed E-state index contributed by atoms with van der Waals surface area (Å²) < 4.78 is 0. The fourth-order valence-corrected chi connectivity index (χ4v) is 2.80. The van der Waals surface area contributed by atoms with Crippen LogP contribution in [0, 0.1) is 0 Å². The number of nitrogens with zero attached hydrogens (tertiary/aromatic N) is 1. The van der Waals surface area contributed by atoms with Gasteiger partial charge in [0.25, 0.3) is 5.91 Å². The third kappa shape index (κ3) is 4.00. The summed E-state index contributed by atoms with van der Waals surface area (Å²) in [5.41, 5.74) is 0.378. The van der Waals surface area contributed by atoms with Crippen molar-refractivity contribution in [2.75, 3.05) is 6.54 Å². The zero-order chi connectivity index (χ0) is 15.4. The Morgan fingerprint density at radius 1 is 1.43 bits per heavy atom. The first-order valence-electron chi connectivity index (χ1n) is 6.02. The van der Waals surface area contributed by atoms with Gasteiger partial charge in [0.15, 0.2) is 5.17 Å². The Labute approximate surface area is 135 Å². The highest BCUT2D eigenvalue weighted by Crippen LogP contribution is 2.35. The van der Waals surface area contributed by atoms with Crippen molar-refractivity contribution in [3.05, 3.63) is 39.2 Å². The average Bonchev–Trinajstić information content (AvgIpc) is 2.75. The number of amidine groups is 1. The number of carbonyl (C=O) groups is 2. The number of carbonyl (C=O) groups excluding carboxylic acids is 2. The molecule has 0 bridgehead atoms. The van der Waals surface area contributed by atoms with E-state index in [9.17, 15) is 9.59 Å². The Morgan fingerprint density at radius 3 is 2.71 bits per heavy atom. The standard InChI is InChI=1S/C13H11Cl2N3O2S/c1-2-16-10(19)6-9-12(20)18-13(21-9)17-11-7(14)4-3-5-8(11)15/h3-6H,2H2,1H3,(H,16,19)(H,17,18,20). The molecule has 21 heavy (non-hydrogen) atoms. The molecule has 0 saturated carbocycles.